The Morgan fingerprint density at radius 1 is 0.957 bits per heavy atom. The summed E-state index contributed by atoms with van der Waals surface area (Å²) in [7, 11) is -3.82. The van der Waals surface area contributed by atoms with Crippen molar-refractivity contribution >= 4 is 21.7 Å². The Bertz CT molecular complexity index is 862. The number of rotatable bonds is 4. The van der Waals surface area contributed by atoms with Crippen LogP contribution in [0.5, 0.6) is 0 Å². The molecule has 0 atom stereocenters. The summed E-state index contributed by atoms with van der Waals surface area (Å²) in [6.45, 7) is 7.07. The van der Waals surface area contributed by atoms with Crippen LogP contribution in [0, 0.1) is 27.7 Å². The number of carboxylic acids is 1. The number of carbonyl (C=O) groups is 1. The van der Waals surface area contributed by atoms with Crippen LogP contribution in [0.2, 0.25) is 0 Å². The van der Waals surface area contributed by atoms with Gasteiger partial charge in [-0.3, -0.25) is 4.72 Å². The Morgan fingerprint density at radius 3 is 2.04 bits per heavy atom. The summed E-state index contributed by atoms with van der Waals surface area (Å²) in [6.07, 6.45) is 0. The van der Waals surface area contributed by atoms with Gasteiger partial charge >= 0.3 is 0 Å². The lowest BCUT2D eigenvalue weighted by atomic mass is 10.1. The highest BCUT2D eigenvalue weighted by molar-refractivity contribution is 7.92. The normalized spacial score (nSPS) is 11.3. The number of carboxylic acid groups (broad SMARTS) is 1. The first-order valence-corrected chi connectivity index (χ1v) is 8.53. The van der Waals surface area contributed by atoms with Gasteiger partial charge in [0.05, 0.1) is 16.6 Å². The molecule has 0 aromatic heterocycles. The fourth-order valence-corrected chi connectivity index (χ4v) is 4.22. The Hall–Kier alpha value is -2.34. The molecule has 0 heterocycles. The molecule has 0 bridgehead atoms. The zero-order chi connectivity index (χ0) is 17.4. The van der Waals surface area contributed by atoms with E-state index in [0.29, 0.717) is 16.7 Å². The Morgan fingerprint density at radius 2 is 1.52 bits per heavy atom. The molecule has 0 aliphatic carbocycles. The van der Waals surface area contributed by atoms with Crippen molar-refractivity contribution in [3.05, 3.63) is 58.1 Å². The zero-order valence-electron chi connectivity index (χ0n) is 13.4. The van der Waals surface area contributed by atoms with E-state index >= 15 is 0 Å². The summed E-state index contributed by atoms with van der Waals surface area (Å²) in [5.74, 6) is -1.35. The van der Waals surface area contributed by atoms with Gasteiger partial charge < -0.3 is 9.90 Å². The van der Waals surface area contributed by atoms with Gasteiger partial charge in [0, 0.05) is 0 Å². The summed E-state index contributed by atoms with van der Waals surface area (Å²) in [5, 5.41) is 11.0. The lowest BCUT2D eigenvalue weighted by Gasteiger charge is -2.16. The average molecular weight is 332 g/mol. The van der Waals surface area contributed by atoms with Crippen molar-refractivity contribution in [2.24, 2.45) is 0 Å². The van der Waals surface area contributed by atoms with Crippen molar-refractivity contribution < 1.29 is 18.3 Å². The van der Waals surface area contributed by atoms with Crippen LogP contribution in [0.1, 0.15) is 32.6 Å². The van der Waals surface area contributed by atoms with E-state index in [1.807, 2.05) is 6.92 Å². The van der Waals surface area contributed by atoms with E-state index in [4.69, 9.17) is 0 Å². The van der Waals surface area contributed by atoms with Gasteiger partial charge in [0.1, 0.15) is 0 Å². The molecule has 0 aliphatic heterocycles. The number of aryl methyl sites for hydroxylation is 4. The van der Waals surface area contributed by atoms with Gasteiger partial charge in [-0.05, 0) is 56.0 Å². The van der Waals surface area contributed by atoms with Gasteiger partial charge in [0.25, 0.3) is 10.0 Å². The number of aromatic carboxylic acids is 1. The van der Waals surface area contributed by atoms with Gasteiger partial charge in [-0.15, -0.1) is 0 Å². The van der Waals surface area contributed by atoms with Gasteiger partial charge in [0.2, 0.25) is 0 Å². The van der Waals surface area contributed by atoms with Gasteiger partial charge in [0.15, 0.2) is 0 Å². The first-order valence-electron chi connectivity index (χ1n) is 7.04. The van der Waals surface area contributed by atoms with Crippen LogP contribution in [-0.2, 0) is 10.0 Å². The minimum absolute atomic E-state index is 0.0781. The molecule has 5 nitrogen and oxygen atoms in total. The number of hydrogen-bond acceptors (Lipinski definition) is 4. The quantitative estimate of drug-likeness (QED) is 0.929. The molecular formula is C17H18NO4S-. The summed E-state index contributed by atoms with van der Waals surface area (Å²) >= 11 is 0. The third-order valence-electron chi connectivity index (χ3n) is 3.59. The topological polar surface area (TPSA) is 86.3 Å². The van der Waals surface area contributed by atoms with Crippen LogP contribution in [0.3, 0.4) is 0 Å². The maximum Gasteiger partial charge on any atom is 0.262 e. The molecule has 2 rings (SSSR count). The summed E-state index contributed by atoms with van der Waals surface area (Å²) in [5.41, 5.74) is 3.04. The minimum Gasteiger partial charge on any atom is -0.545 e. The van der Waals surface area contributed by atoms with Gasteiger partial charge in [-0.2, -0.15) is 0 Å². The number of nitrogens with one attached hydrogen (secondary N) is 1. The second-order valence-corrected chi connectivity index (χ2v) is 7.27. The van der Waals surface area contributed by atoms with Crippen LogP contribution in [-0.4, -0.2) is 14.4 Å². The summed E-state index contributed by atoms with van der Waals surface area (Å²) < 4.78 is 27.9. The standard InChI is InChI=1S/C17H19NO4S/c1-10-7-12(3)16(13(4)8-10)23(21,22)18-15-9-14(17(19)20)6-5-11(15)2/h5-9,18H,1-4H3,(H,19,20)/p-1. The Labute approximate surface area is 136 Å². The lowest BCUT2D eigenvalue weighted by molar-refractivity contribution is -0.255. The maximum absolute atomic E-state index is 12.7. The molecule has 6 heteroatoms. The number of hydrogen-bond donors (Lipinski definition) is 1. The molecule has 1 N–H and O–H groups in total. The monoisotopic (exact) mass is 332 g/mol. The Kier molecular flexibility index (Phi) is 4.47. The first kappa shape index (κ1) is 17.0. The molecule has 0 saturated heterocycles. The first-order chi connectivity index (χ1) is 10.6. The summed E-state index contributed by atoms with van der Waals surface area (Å²) in [4.78, 5) is 11.2. The highest BCUT2D eigenvalue weighted by Gasteiger charge is 2.20. The fraction of sp³-hybridized carbons (Fsp3) is 0.235. The Balaban J connectivity index is 2.52. The molecule has 0 unspecified atom stereocenters. The van der Waals surface area contributed by atoms with Crippen molar-refractivity contribution in [1.29, 1.82) is 0 Å². The van der Waals surface area contributed by atoms with E-state index < -0.39 is 16.0 Å². The van der Waals surface area contributed by atoms with E-state index in [-0.39, 0.29) is 16.1 Å². The van der Waals surface area contributed by atoms with Crippen LogP contribution in [0.25, 0.3) is 0 Å². The predicted molar refractivity (Wildman–Crippen MR) is 87.0 cm³/mol. The smallest absolute Gasteiger partial charge is 0.262 e. The van der Waals surface area contributed by atoms with E-state index in [0.717, 1.165) is 5.56 Å². The minimum atomic E-state index is -3.82. The highest BCUT2D eigenvalue weighted by Crippen LogP contribution is 2.26. The SMILES string of the molecule is Cc1cc(C)c(S(=O)(=O)Nc2cc(C(=O)[O-])ccc2C)c(C)c1. The highest BCUT2D eigenvalue weighted by atomic mass is 32.2. The molecule has 2 aromatic rings. The third kappa shape index (κ3) is 3.53. The molecule has 0 aliphatic rings. The number of sulfonamides is 1. The maximum atomic E-state index is 12.7. The average Bonchev–Trinajstić information content (AvgIpc) is 2.39. The predicted octanol–water partition coefficient (Wildman–Crippen LogP) is 2.08. The van der Waals surface area contributed by atoms with E-state index in [1.54, 1.807) is 32.9 Å². The fourth-order valence-electron chi connectivity index (χ4n) is 2.65. The van der Waals surface area contributed by atoms with Crippen molar-refractivity contribution in [2.45, 2.75) is 32.6 Å². The van der Waals surface area contributed by atoms with Gasteiger partial charge in [-0.1, -0.05) is 29.8 Å². The van der Waals surface area contributed by atoms with Crippen molar-refractivity contribution in [1.82, 2.24) is 0 Å². The van der Waals surface area contributed by atoms with Crippen LogP contribution in [0.15, 0.2) is 35.2 Å². The van der Waals surface area contributed by atoms with Crippen molar-refractivity contribution in [2.75, 3.05) is 4.72 Å². The second kappa shape index (κ2) is 6.04. The lowest BCUT2D eigenvalue weighted by Crippen LogP contribution is -2.23. The zero-order valence-corrected chi connectivity index (χ0v) is 14.2. The summed E-state index contributed by atoms with van der Waals surface area (Å²) in [6, 6.07) is 7.78. The molecule has 0 spiro atoms. The van der Waals surface area contributed by atoms with E-state index in [1.165, 1.54) is 18.2 Å². The molecule has 23 heavy (non-hydrogen) atoms. The molecule has 0 fully saturated rings. The number of anilines is 1. The number of benzene rings is 2. The molecule has 2 aromatic carbocycles. The largest absolute Gasteiger partial charge is 0.545 e. The van der Waals surface area contributed by atoms with Crippen molar-refractivity contribution in [3.63, 3.8) is 0 Å². The molecular weight excluding hydrogens is 314 g/mol. The molecule has 0 saturated carbocycles. The van der Waals surface area contributed by atoms with Crippen molar-refractivity contribution in [3.8, 4) is 0 Å². The third-order valence-corrected chi connectivity index (χ3v) is 5.26. The molecule has 122 valence electrons. The van der Waals surface area contributed by atoms with E-state index in [9.17, 15) is 18.3 Å². The molecule has 0 amide bonds. The van der Waals surface area contributed by atoms with Crippen LogP contribution < -0.4 is 9.83 Å². The van der Waals surface area contributed by atoms with Crippen LogP contribution >= 0.6 is 0 Å². The van der Waals surface area contributed by atoms with Gasteiger partial charge in [-0.25, -0.2) is 8.42 Å². The van der Waals surface area contributed by atoms with Crippen LogP contribution in [0.4, 0.5) is 5.69 Å². The number of carbonyl (C=O) groups excluding carboxylic acids is 1. The molecule has 0 radical (unpaired) electrons. The second-order valence-electron chi connectivity index (χ2n) is 5.65. The van der Waals surface area contributed by atoms with E-state index in [2.05, 4.69) is 4.72 Å².